The molecule has 1 unspecified atom stereocenters. The van der Waals surface area contributed by atoms with E-state index in [-0.39, 0.29) is 0 Å². The van der Waals surface area contributed by atoms with E-state index >= 15 is 0 Å². The van der Waals surface area contributed by atoms with Crippen LogP contribution in [0.4, 0.5) is 0 Å². The van der Waals surface area contributed by atoms with Crippen molar-refractivity contribution in [2.24, 2.45) is 11.3 Å². The highest BCUT2D eigenvalue weighted by molar-refractivity contribution is 9.10. The molecular formula is C17H22BrNO. The van der Waals surface area contributed by atoms with Crippen molar-refractivity contribution >= 4 is 15.9 Å². The Balaban J connectivity index is 2.23. The van der Waals surface area contributed by atoms with Gasteiger partial charge in [-0.05, 0) is 55.7 Å². The van der Waals surface area contributed by atoms with Gasteiger partial charge in [0, 0.05) is 4.47 Å². The molecule has 1 aromatic carbocycles. The first-order chi connectivity index (χ1) is 9.52. The number of hydrogen-bond donors (Lipinski definition) is 1. The number of rotatable bonds is 3. The lowest BCUT2D eigenvalue weighted by Crippen LogP contribution is -2.32. The van der Waals surface area contributed by atoms with E-state index in [0.717, 1.165) is 47.2 Å². The van der Waals surface area contributed by atoms with Gasteiger partial charge >= 0.3 is 0 Å². The van der Waals surface area contributed by atoms with Crippen molar-refractivity contribution in [2.75, 3.05) is 0 Å². The number of aliphatic hydroxyl groups is 1. The van der Waals surface area contributed by atoms with Gasteiger partial charge in [-0.15, -0.1) is 0 Å². The maximum absolute atomic E-state index is 10.7. The fourth-order valence-electron chi connectivity index (χ4n) is 3.20. The summed E-state index contributed by atoms with van der Waals surface area (Å²) in [6.45, 7) is 4.21. The van der Waals surface area contributed by atoms with Crippen molar-refractivity contribution in [1.82, 2.24) is 0 Å². The van der Waals surface area contributed by atoms with Crippen LogP contribution in [0.2, 0.25) is 0 Å². The Hall–Kier alpha value is -0.850. The first-order valence-electron chi connectivity index (χ1n) is 7.38. The third-order valence-corrected chi connectivity index (χ3v) is 5.71. The maximum Gasteiger partial charge on any atom is 0.0976 e. The summed E-state index contributed by atoms with van der Waals surface area (Å²) in [4.78, 5) is 0. The number of halogens is 1. The molecule has 108 valence electrons. The predicted octanol–water partition coefficient (Wildman–Crippen LogP) is 4.90. The highest BCUT2D eigenvalue weighted by Gasteiger charge is 2.42. The summed E-state index contributed by atoms with van der Waals surface area (Å²) < 4.78 is 1.04. The van der Waals surface area contributed by atoms with Gasteiger partial charge in [0.2, 0.25) is 0 Å². The van der Waals surface area contributed by atoms with E-state index in [4.69, 9.17) is 0 Å². The van der Waals surface area contributed by atoms with Crippen molar-refractivity contribution in [2.45, 2.75) is 52.1 Å². The number of aliphatic hydroxyl groups excluding tert-OH is 1. The highest BCUT2D eigenvalue weighted by Crippen LogP contribution is 2.48. The SMILES string of the molecule is CCC1CCC(C#N)(C(O)c2ccc(Br)c(C)c2)CC1. The Morgan fingerprint density at radius 1 is 1.45 bits per heavy atom. The van der Waals surface area contributed by atoms with Gasteiger partial charge in [0.15, 0.2) is 0 Å². The van der Waals surface area contributed by atoms with Crippen LogP contribution in [0.1, 0.15) is 56.3 Å². The predicted molar refractivity (Wildman–Crippen MR) is 84.1 cm³/mol. The molecular weight excluding hydrogens is 314 g/mol. The highest BCUT2D eigenvalue weighted by atomic mass is 79.9. The van der Waals surface area contributed by atoms with Crippen LogP contribution in [0.5, 0.6) is 0 Å². The van der Waals surface area contributed by atoms with E-state index in [1.807, 2.05) is 25.1 Å². The Morgan fingerprint density at radius 2 is 2.10 bits per heavy atom. The van der Waals surface area contributed by atoms with Gasteiger partial charge in [-0.25, -0.2) is 0 Å². The fraction of sp³-hybridized carbons (Fsp3) is 0.588. The van der Waals surface area contributed by atoms with Gasteiger partial charge in [-0.1, -0.05) is 41.4 Å². The molecule has 1 saturated carbocycles. The van der Waals surface area contributed by atoms with Gasteiger partial charge in [-0.3, -0.25) is 0 Å². The zero-order valence-corrected chi connectivity index (χ0v) is 13.8. The van der Waals surface area contributed by atoms with Crippen molar-refractivity contribution in [3.8, 4) is 6.07 Å². The van der Waals surface area contributed by atoms with Crippen LogP contribution >= 0.6 is 15.9 Å². The number of nitriles is 1. The van der Waals surface area contributed by atoms with Gasteiger partial charge in [0.05, 0.1) is 17.6 Å². The quantitative estimate of drug-likeness (QED) is 0.853. The largest absolute Gasteiger partial charge is 0.387 e. The van der Waals surface area contributed by atoms with Crippen molar-refractivity contribution in [3.05, 3.63) is 33.8 Å². The topological polar surface area (TPSA) is 44.0 Å². The second-order valence-electron chi connectivity index (χ2n) is 6.03. The molecule has 0 bridgehead atoms. The molecule has 1 N–H and O–H groups in total. The van der Waals surface area contributed by atoms with Crippen molar-refractivity contribution in [3.63, 3.8) is 0 Å². The zero-order valence-electron chi connectivity index (χ0n) is 12.2. The molecule has 0 aliphatic heterocycles. The van der Waals surface area contributed by atoms with E-state index in [1.165, 1.54) is 6.42 Å². The van der Waals surface area contributed by atoms with Crippen LogP contribution in [0.15, 0.2) is 22.7 Å². The van der Waals surface area contributed by atoms with Crippen LogP contribution in [0.25, 0.3) is 0 Å². The van der Waals surface area contributed by atoms with Crippen LogP contribution in [0, 0.1) is 29.6 Å². The normalized spacial score (nSPS) is 27.9. The molecule has 0 radical (unpaired) electrons. The van der Waals surface area contributed by atoms with E-state index in [9.17, 15) is 10.4 Å². The minimum Gasteiger partial charge on any atom is -0.387 e. The number of benzene rings is 1. The molecule has 1 atom stereocenters. The van der Waals surface area contributed by atoms with Gasteiger partial charge in [0.25, 0.3) is 0 Å². The smallest absolute Gasteiger partial charge is 0.0976 e. The van der Waals surface area contributed by atoms with Gasteiger partial charge < -0.3 is 5.11 Å². The van der Waals surface area contributed by atoms with Crippen molar-refractivity contribution < 1.29 is 5.11 Å². The Kier molecular flexibility index (Phi) is 4.88. The summed E-state index contributed by atoms with van der Waals surface area (Å²) in [6, 6.07) is 8.30. The molecule has 3 heteroatoms. The monoisotopic (exact) mass is 335 g/mol. The summed E-state index contributed by atoms with van der Waals surface area (Å²) in [6.07, 6.45) is 4.20. The first kappa shape index (κ1) is 15.5. The molecule has 0 saturated heterocycles. The summed E-state index contributed by atoms with van der Waals surface area (Å²) in [7, 11) is 0. The Bertz CT molecular complexity index is 512. The molecule has 0 amide bonds. The summed E-state index contributed by atoms with van der Waals surface area (Å²) >= 11 is 3.48. The summed E-state index contributed by atoms with van der Waals surface area (Å²) in [5.41, 5.74) is 1.35. The minimum absolute atomic E-state index is 0.605. The molecule has 1 fully saturated rings. The number of hydrogen-bond acceptors (Lipinski definition) is 2. The lowest BCUT2D eigenvalue weighted by Gasteiger charge is -2.38. The molecule has 0 heterocycles. The zero-order chi connectivity index (χ0) is 14.8. The van der Waals surface area contributed by atoms with E-state index in [1.54, 1.807) is 0 Å². The minimum atomic E-state index is -0.683. The maximum atomic E-state index is 10.7. The van der Waals surface area contributed by atoms with Crippen LogP contribution in [-0.2, 0) is 0 Å². The van der Waals surface area contributed by atoms with Crippen LogP contribution < -0.4 is 0 Å². The molecule has 0 aromatic heterocycles. The second kappa shape index (κ2) is 6.28. The Labute approximate surface area is 129 Å². The molecule has 20 heavy (non-hydrogen) atoms. The lowest BCUT2D eigenvalue weighted by molar-refractivity contribution is 0.0242. The van der Waals surface area contributed by atoms with E-state index in [2.05, 4.69) is 28.9 Å². The number of nitrogens with zero attached hydrogens (tertiary/aromatic N) is 1. The first-order valence-corrected chi connectivity index (χ1v) is 8.17. The molecule has 0 spiro atoms. The van der Waals surface area contributed by atoms with Gasteiger partial charge in [0.1, 0.15) is 0 Å². The molecule has 2 rings (SSSR count). The van der Waals surface area contributed by atoms with E-state index in [0.29, 0.717) is 0 Å². The van der Waals surface area contributed by atoms with Crippen LogP contribution in [-0.4, -0.2) is 5.11 Å². The average Bonchev–Trinajstić information content (AvgIpc) is 2.49. The molecule has 2 nitrogen and oxygen atoms in total. The molecule has 1 aliphatic carbocycles. The lowest BCUT2D eigenvalue weighted by atomic mass is 9.66. The van der Waals surface area contributed by atoms with E-state index < -0.39 is 11.5 Å². The standard InChI is InChI=1S/C17H22BrNO/c1-3-13-6-8-17(11-19,9-7-13)16(20)14-4-5-15(18)12(2)10-14/h4-5,10,13,16,20H,3,6-9H2,1-2H3. The summed E-state index contributed by atoms with van der Waals surface area (Å²) in [5.74, 6) is 0.718. The molecule has 1 aliphatic rings. The van der Waals surface area contributed by atoms with Crippen molar-refractivity contribution in [1.29, 1.82) is 5.26 Å². The number of aryl methyl sites for hydroxylation is 1. The Morgan fingerprint density at radius 3 is 2.60 bits per heavy atom. The average molecular weight is 336 g/mol. The third kappa shape index (κ3) is 2.92. The van der Waals surface area contributed by atoms with Gasteiger partial charge in [-0.2, -0.15) is 5.26 Å². The molecule has 1 aromatic rings. The fourth-order valence-corrected chi connectivity index (χ4v) is 3.45. The summed E-state index contributed by atoms with van der Waals surface area (Å²) in [5, 5.41) is 20.4. The second-order valence-corrected chi connectivity index (χ2v) is 6.89. The van der Waals surface area contributed by atoms with Crippen LogP contribution in [0.3, 0.4) is 0 Å². The third-order valence-electron chi connectivity index (χ3n) is 4.82.